The summed E-state index contributed by atoms with van der Waals surface area (Å²) in [6.45, 7) is 0. The first-order chi connectivity index (χ1) is 8.74. The zero-order valence-electron chi connectivity index (χ0n) is 10.9. The van der Waals surface area contributed by atoms with Crippen LogP contribution < -0.4 is 10.2 Å². The molecule has 0 saturated heterocycles. The van der Waals surface area contributed by atoms with Gasteiger partial charge in [0.15, 0.2) is 5.65 Å². The minimum Gasteiger partial charge on any atom is -0.373 e. The highest BCUT2D eigenvalue weighted by atomic mass is 15.3. The third-order valence-corrected chi connectivity index (χ3v) is 3.54. The van der Waals surface area contributed by atoms with Crippen LogP contribution in [0.3, 0.4) is 0 Å². The van der Waals surface area contributed by atoms with Gasteiger partial charge >= 0.3 is 0 Å². The lowest BCUT2D eigenvalue weighted by Gasteiger charge is -2.13. The maximum atomic E-state index is 4.67. The van der Waals surface area contributed by atoms with E-state index in [0.29, 0.717) is 6.04 Å². The molecule has 0 aliphatic heterocycles. The number of hydrogen-bond donors (Lipinski definition) is 1. The van der Waals surface area contributed by atoms with Gasteiger partial charge < -0.3 is 10.2 Å². The van der Waals surface area contributed by atoms with Crippen LogP contribution in [0.15, 0.2) is 18.5 Å². The number of aromatic nitrogens is 3. The van der Waals surface area contributed by atoms with Crippen LogP contribution in [0.4, 0.5) is 11.5 Å². The summed E-state index contributed by atoms with van der Waals surface area (Å²) in [5.41, 5.74) is 1.95. The van der Waals surface area contributed by atoms with E-state index in [-0.39, 0.29) is 0 Å². The van der Waals surface area contributed by atoms with Crippen molar-refractivity contribution in [3.05, 3.63) is 18.5 Å². The van der Waals surface area contributed by atoms with Crippen molar-refractivity contribution in [3.8, 4) is 0 Å². The molecular weight excluding hydrogens is 226 g/mol. The third-order valence-electron chi connectivity index (χ3n) is 3.54. The van der Waals surface area contributed by atoms with Gasteiger partial charge in [-0.05, 0) is 18.9 Å². The summed E-state index contributed by atoms with van der Waals surface area (Å²) in [7, 11) is 4.02. The van der Waals surface area contributed by atoms with Gasteiger partial charge in [-0.25, -0.2) is 9.50 Å². The number of fused-ring (bicyclic) bond motifs is 1. The number of rotatable bonds is 3. The van der Waals surface area contributed by atoms with Crippen LogP contribution in [0.5, 0.6) is 0 Å². The molecule has 1 aliphatic carbocycles. The van der Waals surface area contributed by atoms with Crippen molar-refractivity contribution in [1.82, 2.24) is 14.6 Å². The Bertz CT molecular complexity index is 539. The van der Waals surface area contributed by atoms with Gasteiger partial charge in [0.1, 0.15) is 11.5 Å². The standard InChI is InChI=1S/C13H19N5/c1-17(2)11-9-14-18-8-7-12(16-13(11)18)15-10-5-3-4-6-10/h7-10H,3-6H2,1-2H3,(H,15,16). The predicted octanol–water partition coefficient (Wildman–Crippen LogP) is 2.15. The zero-order valence-corrected chi connectivity index (χ0v) is 10.9. The quantitative estimate of drug-likeness (QED) is 0.900. The Kier molecular flexibility index (Phi) is 2.81. The molecule has 2 heterocycles. The second-order valence-electron chi connectivity index (χ2n) is 5.13. The average Bonchev–Trinajstić information content (AvgIpc) is 2.97. The number of nitrogens with zero attached hydrogens (tertiary/aromatic N) is 4. The van der Waals surface area contributed by atoms with Gasteiger partial charge in [-0.3, -0.25) is 0 Å². The number of hydrogen-bond acceptors (Lipinski definition) is 4. The summed E-state index contributed by atoms with van der Waals surface area (Å²) in [4.78, 5) is 6.70. The van der Waals surface area contributed by atoms with E-state index in [9.17, 15) is 0 Å². The lowest BCUT2D eigenvalue weighted by Crippen LogP contribution is -2.16. The molecule has 1 saturated carbocycles. The van der Waals surface area contributed by atoms with Crippen LogP contribution >= 0.6 is 0 Å². The SMILES string of the molecule is CN(C)c1cnn2ccc(NC3CCCC3)nc12. The van der Waals surface area contributed by atoms with E-state index >= 15 is 0 Å². The first-order valence-corrected chi connectivity index (χ1v) is 6.52. The highest BCUT2D eigenvalue weighted by Crippen LogP contribution is 2.23. The van der Waals surface area contributed by atoms with Gasteiger partial charge in [0.2, 0.25) is 0 Å². The van der Waals surface area contributed by atoms with Crippen molar-refractivity contribution >= 4 is 17.2 Å². The maximum Gasteiger partial charge on any atom is 0.180 e. The molecule has 2 aromatic rings. The molecule has 18 heavy (non-hydrogen) atoms. The summed E-state index contributed by atoms with van der Waals surface area (Å²) >= 11 is 0. The van der Waals surface area contributed by atoms with Gasteiger partial charge in [0.05, 0.1) is 6.20 Å². The van der Waals surface area contributed by atoms with Crippen LogP contribution in [0.1, 0.15) is 25.7 Å². The Morgan fingerprint density at radius 1 is 1.33 bits per heavy atom. The Labute approximate surface area is 107 Å². The molecule has 5 heteroatoms. The minimum absolute atomic E-state index is 0.589. The first kappa shape index (κ1) is 11.3. The van der Waals surface area contributed by atoms with E-state index in [0.717, 1.165) is 17.2 Å². The first-order valence-electron chi connectivity index (χ1n) is 6.52. The normalized spacial score (nSPS) is 16.3. The van der Waals surface area contributed by atoms with Gasteiger partial charge in [-0.2, -0.15) is 5.10 Å². The van der Waals surface area contributed by atoms with Gasteiger partial charge in [-0.1, -0.05) is 12.8 Å². The number of anilines is 2. The van der Waals surface area contributed by atoms with Crippen LogP contribution in [0, 0.1) is 0 Å². The molecule has 0 aromatic carbocycles. The predicted molar refractivity (Wildman–Crippen MR) is 73.2 cm³/mol. The van der Waals surface area contributed by atoms with Crippen LogP contribution in [0.25, 0.3) is 5.65 Å². The van der Waals surface area contributed by atoms with Gasteiger partial charge in [-0.15, -0.1) is 0 Å². The number of nitrogens with one attached hydrogen (secondary N) is 1. The molecule has 96 valence electrons. The molecular formula is C13H19N5. The summed E-state index contributed by atoms with van der Waals surface area (Å²) in [6.07, 6.45) is 8.98. The van der Waals surface area contributed by atoms with Crippen molar-refractivity contribution < 1.29 is 0 Å². The molecule has 0 atom stereocenters. The molecule has 0 bridgehead atoms. The summed E-state index contributed by atoms with van der Waals surface area (Å²) in [5.74, 6) is 0.956. The van der Waals surface area contributed by atoms with E-state index in [1.54, 1.807) is 0 Å². The molecule has 0 amide bonds. The highest BCUT2D eigenvalue weighted by Gasteiger charge is 2.15. The molecule has 0 unspecified atom stereocenters. The van der Waals surface area contributed by atoms with Crippen molar-refractivity contribution in [2.75, 3.05) is 24.3 Å². The molecule has 2 aromatic heterocycles. The highest BCUT2D eigenvalue weighted by molar-refractivity contribution is 5.68. The minimum atomic E-state index is 0.589. The van der Waals surface area contributed by atoms with E-state index in [1.807, 2.05) is 42.0 Å². The third kappa shape index (κ3) is 2.00. The Morgan fingerprint density at radius 2 is 2.11 bits per heavy atom. The maximum absolute atomic E-state index is 4.67. The molecule has 0 spiro atoms. The van der Waals surface area contributed by atoms with Crippen molar-refractivity contribution in [3.63, 3.8) is 0 Å². The molecule has 0 radical (unpaired) electrons. The molecule has 1 aliphatic rings. The fourth-order valence-electron chi connectivity index (χ4n) is 2.53. The zero-order chi connectivity index (χ0) is 12.5. The van der Waals surface area contributed by atoms with Gasteiger partial charge in [0.25, 0.3) is 0 Å². The Balaban J connectivity index is 1.91. The van der Waals surface area contributed by atoms with Crippen molar-refractivity contribution in [1.29, 1.82) is 0 Å². The lowest BCUT2D eigenvalue weighted by atomic mass is 10.2. The van der Waals surface area contributed by atoms with E-state index in [4.69, 9.17) is 0 Å². The van der Waals surface area contributed by atoms with Crippen molar-refractivity contribution in [2.45, 2.75) is 31.7 Å². The largest absolute Gasteiger partial charge is 0.373 e. The molecule has 3 rings (SSSR count). The van der Waals surface area contributed by atoms with E-state index in [2.05, 4.69) is 15.4 Å². The summed E-state index contributed by atoms with van der Waals surface area (Å²) in [6, 6.07) is 2.59. The summed E-state index contributed by atoms with van der Waals surface area (Å²) < 4.78 is 1.81. The van der Waals surface area contributed by atoms with Crippen LogP contribution in [-0.4, -0.2) is 34.7 Å². The fourth-order valence-corrected chi connectivity index (χ4v) is 2.53. The molecule has 5 nitrogen and oxygen atoms in total. The molecule has 1 N–H and O–H groups in total. The lowest BCUT2D eigenvalue weighted by molar-refractivity contribution is 0.749. The van der Waals surface area contributed by atoms with Crippen LogP contribution in [0.2, 0.25) is 0 Å². The monoisotopic (exact) mass is 245 g/mol. The summed E-state index contributed by atoms with van der Waals surface area (Å²) in [5, 5.41) is 7.82. The van der Waals surface area contributed by atoms with Crippen molar-refractivity contribution in [2.24, 2.45) is 0 Å². The molecule has 1 fully saturated rings. The Morgan fingerprint density at radius 3 is 2.83 bits per heavy atom. The van der Waals surface area contributed by atoms with Gasteiger partial charge in [0, 0.05) is 26.3 Å². The fraction of sp³-hybridized carbons (Fsp3) is 0.538. The second-order valence-corrected chi connectivity index (χ2v) is 5.13. The van der Waals surface area contributed by atoms with Crippen LogP contribution in [-0.2, 0) is 0 Å². The Hall–Kier alpha value is -1.78. The second kappa shape index (κ2) is 4.48. The average molecular weight is 245 g/mol. The van der Waals surface area contributed by atoms with E-state index < -0.39 is 0 Å². The smallest absolute Gasteiger partial charge is 0.180 e. The topological polar surface area (TPSA) is 45.5 Å². The van der Waals surface area contributed by atoms with E-state index in [1.165, 1.54) is 25.7 Å².